The zero-order valence-corrected chi connectivity index (χ0v) is 16.3. The highest BCUT2D eigenvalue weighted by Crippen LogP contribution is 2.41. The van der Waals surface area contributed by atoms with Crippen molar-refractivity contribution in [3.63, 3.8) is 0 Å². The number of nitriles is 1. The van der Waals surface area contributed by atoms with Gasteiger partial charge >= 0.3 is 0 Å². The molecular formula is C21H22N2O3S. The van der Waals surface area contributed by atoms with E-state index in [1.165, 1.54) is 0 Å². The maximum atomic E-state index is 12.4. The van der Waals surface area contributed by atoms with Gasteiger partial charge in [0.25, 0.3) is 5.91 Å². The molecule has 2 aromatic rings. The SMILES string of the molecule is CC1(C)Cc2cccc(OCC(=O)Nc3ccccc3SCCC#N)c2O1. The molecule has 6 heteroatoms. The van der Waals surface area contributed by atoms with Gasteiger partial charge in [-0.05, 0) is 32.0 Å². The van der Waals surface area contributed by atoms with Crippen molar-refractivity contribution < 1.29 is 14.3 Å². The highest BCUT2D eigenvalue weighted by Gasteiger charge is 2.32. The van der Waals surface area contributed by atoms with Gasteiger partial charge in [-0.2, -0.15) is 5.26 Å². The van der Waals surface area contributed by atoms with Crippen LogP contribution in [0.15, 0.2) is 47.4 Å². The lowest BCUT2D eigenvalue weighted by Gasteiger charge is -2.18. The standard InChI is InChI=1S/C21H22N2O3S/c1-21(2)13-15-7-5-9-17(20(15)26-21)25-14-19(24)23-16-8-3-4-10-18(16)27-12-6-11-22/h3-5,7-10H,6,12-14H2,1-2H3,(H,23,24). The van der Waals surface area contributed by atoms with E-state index in [2.05, 4.69) is 11.4 Å². The van der Waals surface area contributed by atoms with Crippen molar-refractivity contribution in [1.29, 1.82) is 5.26 Å². The first-order chi connectivity index (χ1) is 13.0. The maximum absolute atomic E-state index is 12.4. The molecule has 0 bridgehead atoms. The van der Waals surface area contributed by atoms with Crippen LogP contribution in [-0.4, -0.2) is 23.9 Å². The highest BCUT2D eigenvalue weighted by atomic mass is 32.2. The van der Waals surface area contributed by atoms with E-state index in [0.717, 1.165) is 28.3 Å². The number of thioether (sulfide) groups is 1. The van der Waals surface area contributed by atoms with E-state index in [9.17, 15) is 4.79 Å². The van der Waals surface area contributed by atoms with Crippen LogP contribution in [0.1, 0.15) is 25.8 Å². The van der Waals surface area contributed by atoms with Crippen molar-refractivity contribution in [2.75, 3.05) is 17.7 Å². The predicted molar refractivity (Wildman–Crippen MR) is 106 cm³/mol. The largest absolute Gasteiger partial charge is 0.483 e. The van der Waals surface area contributed by atoms with Crippen LogP contribution in [0.2, 0.25) is 0 Å². The molecule has 0 saturated carbocycles. The average Bonchev–Trinajstić information content (AvgIpc) is 2.96. The van der Waals surface area contributed by atoms with Crippen LogP contribution < -0.4 is 14.8 Å². The van der Waals surface area contributed by atoms with Crippen LogP contribution in [-0.2, 0) is 11.2 Å². The molecule has 27 heavy (non-hydrogen) atoms. The molecule has 140 valence electrons. The van der Waals surface area contributed by atoms with Crippen LogP contribution >= 0.6 is 11.8 Å². The Labute approximate surface area is 163 Å². The summed E-state index contributed by atoms with van der Waals surface area (Å²) < 4.78 is 11.7. The van der Waals surface area contributed by atoms with E-state index >= 15 is 0 Å². The third kappa shape index (κ3) is 4.95. The summed E-state index contributed by atoms with van der Waals surface area (Å²) in [6, 6.07) is 15.4. The number of nitrogens with one attached hydrogen (secondary N) is 1. The second-order valence-corrected chi connectivity index (χ2v) is 8.01. The molecule has 3 rings (SSSR count). The molecule has 1 aliphatic heterocycles. The summed E-state index contributed by atoms with van der Waals surface area (Å²) in [7, 11) is 0. The number of hydrogen-bond acceptors (Lipinski definition) is 5. The Morgan fingerprint density at radius 1 is 1.30 bits per heavy atom. The van der Waals surface area contributed by atoms with Crippen molar-refractivity contribution in [1.82, 2.24) is 0 Å². The van der Waals surface area contributed by atoms with E-state index in [1.807, 2.05) is 56.3 Å². The van der Waals surface area contributed by atoms with Gasteiger partial charge in [0.05, 0.1) is 11.8 Å². The van der Waals surface area contributed by atoms with Gasteiger partial charge in [0.1, 0.15) is 5.60 Å². The molecule has 0 spiro atoms. The lowest BCUT2D eigenvalue weighted by atomic mass is 10.0. The average molecular weight is 382 g/mol. The Morgan fingerprint density at radius 3 is 2.93 bits per heavy atom. The second-order valence-electron chi connectivity index (χ2n) is 6.87. The molecule has 2 aromatic carbocycles. The van der Waals surface area contributed by atoms with Crippen molar-refractivity contribution in [3.8, 4) is 17.6 Å². The first kappa shape index (κ1) is 19.1. The van der Waals surface area contributed by atoms with Crippen LogP contribution in [0.3, 0.4) is 0 Å². The van der Waals surface area contributed by atoms with Crippen LogP contribution in [0.25, 0.3) is 0 Å². The summed E-state index contributed by atoms with van der Waals surface area (Å²) in [6.45, 7) is 3.96. The highest BCUT2D eigenvalue weighted by molar-refractivity contribution is 7.99. The van der Waals surface area contributed by atoms with Gasteiger partial charge in [0.2, 0.25) is 0 Å². The third-order valence-electron chi connectivity index (χ3n) is 4.05. The fourth-order valence-electron chi connectivity index (χ4n) is 2.93. The quantitative estimate of drug-likeness (QED) is 0.567. The van der Waals surface area contributed by atoms with E-state index in [1.54, 1.807) is 11.8 Å². The molecule has 5 nitrogen and oxygen atoms in total. The number of amides is 1. The number of hydrogen-bond donors (Lipinski definition) is 1. The Balaban J connectivity index is 1.61. The number of fused-ring (bicyclic) bond motifs is 1. The molecule has 0 aliphatic carbocycles. The van der Waals surface area contributed by atoms with Crippen molar-refractivity contribution >= 4 is 23.4 Å². The Morgan fingerprint density at radius 2 is 2.11 bits per heavy atom. The molecule has 1 heterocycles. The second kappa shape index (κ2) is 8.36. The van der Waals surface area contributed by atoms with Gasteiger partial charge in [-0.1, -0.05) is 24.3 Å². The van der Waals surface area contributed by atoms with E-state index in [4.69, 9.17) is 14.7 Å². The van der Waals surface area contributed by atoms with E-state index in [0.29, 0.717) is 17.9 Å². The maximum Gasteiger partial charge on any atom is 0.262 e. The Hall–Kier alpha value is -2.65. The summed E-state index contributed by atoms with van der Waals surface area (Å²) in [6.07, 6.45) is 1.28. The normalized spacial score (nSPS) is 14.0. The lowest BCUT2D eigenvalue weighted by molar-refractivity contribution is -0.118. The Kier molecular flexibility index (Phi) is 5.92. The monoisotopic (exact) mass is 382 g/mol. The van der Waals surface area contributed by atoms with Crippen molar-refractivity contribution in [2.24, 2.45) is 0 Å². The first-order valence-corrected chi connectivity index (χ1v) is 9.79. The molecular weight excluding hydrogens is 360 g/mol. The van der Waals surface area contributed by atoms with Crippen molar-refractivity contribution in [2.45, 2.75) is 37.2 Å². The number of anilines is 1. The van der Waals surface area contributed by atoms with Gasteiger partial charge in [-0.25, -0.2) is 0 Å². The molecule has 0 atom stereocenters. The number of para-hydroxylation sites is 2. The number of carbonyl (C=O) groups excluding carboxylic acids is 1. The van der Waals surface area contributed by atoms with Crippen molar-refractivity contribution in [3.05, 3.63) is 48.0 Å². The minimum Gasteiger partial charge on any atom is -0.483 e. The summed E-state index contributed by atoms with van der Waals surface area (Å²) in [5, 5.41) is 11.6. The minimum absolute atomic E-state index is 0.0998. The van der Waals surface area contributed by atoms with Crippen LogP contribution in [0.4, 0.5) is 5.69 Å². The number of ether oxygens (including phenoxy) is 2. The zero-order chi connectivity index (χ0) is 19.3. The lowest BCUT2D eigenvalue weighted by Crippen LogP contribution is -2.25. The topological polar surface area (TPSA) is 71.3 Å². The summed E-state index contributed by atoms with van der Waals surface area (Å²) >= 11 is 1.55. The molecule has 0 aromatic heterocycles. The molecule has 0 unspecified atom stereocenters. The number of benzene rings is 2. The number of rotatable bonds is 7. The van der Waals surface area contributed by atoms with Crippen LogP contribution in [0.5, 0.6) is 11.5 Å². The van der Waals surface area contributed by atoms with Gasteiger partial charge in [-0.15, -0.1) is 11.8 Å². The smallest absolute Gasteiger partial charge is 0.262 e. The van der Waals surface area contributed by atoms with Gasteiger partial charge in [0.15, 0.2) is 18.1 Å². The fourth-order valence-corrected chi connectivity index (χ4v) is 3.80. The van der Waals surface area contributed by atoms with Gasteiger partial charge in [0, 0.05) is 29.1 Å². The zero-order valence-electron chi connectivity index (χ0n) is 15.5. The van der Waals surface area contributed by atoms with E-state index in [-0.39, 0.29) is 18.1 Å². The third-order valence-corrected chi connectivity index (χ3v) is 5.12. The van der Waals surface area contributed by atoms with E-state index < -0.39 is 0 Å². The van der Waals surface area contributed by atoms with Gasteiger partial charge in [-0.3, -0.25) is 4.79 Å². The molecule has 0 fully saturated rings. The molecule has 1 aliphatic rings. The molecule has 1 amide bonds. The first-order valence-electron chi connectivity index (χ1n) is 8.81. The Bertz CT molecular complexity index is 874. The summed E-state index contributed by atoms with van der Waals surface area (Å²) in [5.41, 5.74) is 1.56. The molecule has 0 saturated heterocycles. The molecule has 0 radical (unpaired) electrons. The van der Waals surface area contributed by atoms with Gasteiger partial charge < -0.3 is 14.8 Å². The fraction of sp³-hybridized carbons (Fsp3) is 0.333. The van der Waals surface area contributed by atoms with Crippen LogP contribution in [0, 0.1) is 11.3 Å². The minimum atomic E-state index is -0.260. The molecule has 1 N–H and O–H groups in total. The predicted octanol–water partition coefficient (Wildman–Crippen LogP) is 4.42. The number of carbonyl (C=O) groups is 1. The summed E-state index contributed by atoms with van der Waals surface area (Å²) in [5.74, 6) is 1.76. The number of nitrogens with zero attached hydrogens (tertiary/aromatic N) is 1. The summed E-state index contributed by atoms with van der Waals surface area (Å²) in [4.78, 5) is 13.3.